The zero-order valence-electron chi connectivity index (χ0n) is 11.7. The smallest absolute Gasteiger partial charge is 0.346 e. The molecule has 0 aliphatic carbocycles. The largest absolute Gasteiger partial charge is 0.477 e. The van der Waals surface area contributed by atoms with Crippen LogP contribution in [0.1, 0.15) is 26.4 Å². The van der Waals surface area contributed by atoms with E-state index < -0.39 is 5.97 Å². The van der Waals surface area contributed by atoms with Crippen LogP contribution in [0.25, 0.3) is 6.08 Å². The van der Waals surface area contributed by atoms with Gasteiger partial charge < -0.3 is 10.4 Å². The van der Waals surface area contributed by atoms with Gasteiger partial charge in [-0.15, -0.1) is 11.3 Å². The Morgan fingerprint density at radius 3 is 2.52 bits per heavy atom. The van der Waals surface area contributed by atoms with E-state index in [0.29, 0.717) is 10.6 Å². The number of carboxylic acids is 1. The molecule has 0 saturated carbocycles. The summed E-state index contributed by atoms with van der Waals surface area (Å²) in [6, 6.07) is 9.41. The first-order valence-corrected chi connectivity index (χ1v) is 7.17. The van der Waals surface area contributed by atoms with Crippen molar-refractivity contribution in [3.63, 3.8) is 0 Å². The van der Waals surface area contributed by atoms with E-state index in [0.717, 1.165) is 22.5 Å². The van der Waals surface area contributed by atoms with E-state index in [1.807, 2.05) is 31.2 Å². The number of carbonyl (C=O) groups excluding carboxylic acids is 1. The van der Waals surface area contributed by atoms with Gasteiger partial charge in [0, 0.05) is 6.08 Å². The van der Waals surface area contributed by atoms with Crippen LogP contribution in [-0.2, 0) is 4.79 Å². The molecule has 0 radical (unpaired) electrons. The van der Waals surface area contributed by atoms with Crippen LogP contribution in [0.15, 0.2) is 36.4 Å². The molecular formula is C16H15NO3S. The molecule has 2 rings (SSSR count). The average Bonchev–Trinajstić information content (AvgIpc) is 2.79. The summed E-state index contributed by atoms with van der Waals surface area (Å²) >= 11 is 1.06. The average molecular weight is 301 g/mol. The number of benzene rings is 1. The summed E-state index contributed by atoms with van der Waals surface area (Å²) in [6.45, 7) is 3.68. The van der Waals surface area contributed by atoms with Crippen molar-refractivity contribution >= 4 is 34.3 Å². The van der Waals surface area contributed by atoms with Crippen LogP contribution in [-0.4, -0.2) is 17.0 Å². The maximum atomic E-state index is 11.8. The van der Waals surface area contributed by atoms with Crippen LogP contribution in [0.3, 0.4) is 0 Å². The summed E-state index contributed by atoms with van der Waals surface area (Å²) in [7, 11) is 0. The maximum absolute atomic E-state index is 11.8. The van der Waals surface area contributed by atoms with Gasteiger partial charge >= 0.3 is 5.97 Å². The van der Waals surface area contributed by atoms with Crippen LogP contribution in [0.2, 0.25) is 0 Å². The molecule has 2 aromatic rings. The highest BCUT2D eigenvalue weighted by atomic mass is 32.1. The Morgan fingerprint density at radius 2 is 1.90 bits per heavy atom. The molecule has 0 atom stereocenters. The van der Waals surface area contributed by atoms with Gasteiger partial charge in [0.25, 0.3) is 0 Å². The summed E-state index contributed by atoms with van der Waals surface area (Å²) in [4.78, 5) is 23.0. The molecule has 0 aliphatic heterocycles. The molecule has 0 spiro atoms. The van der Waals surface area contributed by atoms with Crippen molar-refractivity contribution in [1.29, 1.82) is 0 Å². The molecule has 0 unspecified atom stereocenters. The third-order valence-electron chi connectivity index (χ3n) is 2.96. The number of thiophene rings is 1. The number of hydrogen-bond acceptors (Lipinski definition) is 3. The predicted molar refractivity (Wildman–Crippen MR) is 84.9 cm³/mol. The molecule has 0 fully saturated rings. The summed E-state index contributed by atoms with van der Waals surface area (Å²) in [5.41, 5.74) is 2.70. The standard InChI is InChI=1S/C16H15NO3S/c1-10-5-3-4-6-12(10)7-8-13(18)17-14-9-11(2)15(21-14)16(19)20/h3-9H,1-2H3,(H,17,18)(H,19,20)/b8-7+. The number of hydrogen-bond donors (Lipinski definition) is 2. The van der Waals surface area contributed by atoms with Gasteiger partial charge in [0.15, 0.2) is 0 Å². The molecule has 1 amide bonds. The zero-order chi connectivity index (χ0) is 15.4. The monoisotopic (exact) mass is 301 g/mol. The topological polar surface area (TPSA) is 66.4 Å². The maximum Gasteiger partial charge on any atom is 0.346 e. The number of anilines is 1. The van der Waals surface area contributed by atoms with Gasteiger partial charge in [-0.2, -0.15) is 0 Å². The van der Waals surface area contributed by atoms with E-state index in [4.69, 9.17) is 5.11 Å². The fourth-order valence-electron chi connectivity index (χ4n) is 1.86. The van der Waals surface area contributed by atoms with Gasteiger partial charge in [0.2, 0.25) is 5.91 Å². The lowest BCUT2D eigenvalue weighted by molar-refractivity contribution is -0.111. The molecule has 2 N–H and O–H groups in total. The van der Waals surface area contributed by atoms with Crippen molar-refractivity contribution in [2.75, 3.05) is 5.32 Å². The molecule has 0 bridgehead atoms. The number of carbonyl (C=O) groups is 2. The predicted octanol–water partition coefficient (Wildman–Crippen LogP) is 3.72. The van der Waals surface area contributed by atoms with Crippen LogP contribution >= 0.6 is 11.3 Å². The third-order valence-corrected chi connectivity index (χ3v) is 4.10. The minimum Gasteiger partial charge on any atom is -0.477 e. The van der Waals surface area contributed by atoms with Crippen molar-refractivity contribution in [3.8, 4) is 0 Å². The van der Waals surface area contributed by atoms with Crippen molar-refractivity contribution in [2.45, 2.75) is 13.8 Å². The van der Waals surface area contributed by atoms with Crippen molar-refractivity contribution in [3.05, 3.63) is 58.0 Å². The number of nitrogens with one attached hydrogen (secondary N) is 1. The summed E-state index contributed by atoms with van der Waals surface area (Å²) < 4.78 is 0. The Balaban J connectivity index is 2.07. The molecule has 0 aliphatic rings. The Bertz CT molecular complexity index is 716. The van der Waals surface area contributed by atoms with E-state index >= 15 is 0 Å². The van der Waals surface area contributed by atoms with Crippen molar-refractivity contribution in [2.24, 2.45) is 0 Å². The van der Waals surface area contributed by atoms with E-state index in [-0.39, 0.29) is 10.8 Å². The first-order valence-electron chi connectivity index (χ1n) is 6.36. The fraction of sp³-hybridized carbons (Fsp3) is 0.125. The first kappa shape index (κ1) is 15.0. The van der Waals surface area contributed by atoms with Crippen LogP contribution in [0.4, 0.5) is 5.00 Å². The van der Waals surface area contributed by atoms with E-state index in [2.05, 4.69) is 5.32 Å². The molecule has 5 heteroatoms. The Morgan fingerprint density at radius 1 is 1.19 bits per heavy atom. The normalized spacial score (nSPS) is 10.8. The van der Waals surface area contributed by atoms with E-state index in [1.54, 1.807) is 19.1 Å². The lowest BCUT2D eigenvalue weighted by Crippen LogP contribution is -2.06. The van der Waals surface area contributed by atoms with E-state index in [9.17, 15) is 9.59 Å². The first-order chi connectivity index (χ1) is 9.97. The summed E-state index contributed by atoms with van der Waals surface area (Å²) in [5.74, 6) is -1.26. The second kappa shape index (κ2) is 6.37. The number of carboxylic acid groups (broad SMARTS) is 1. The minimum atomic E-state index is -0.978. The minimum absolute atomic E-state index is 0.244. The molecule has 1 heterocycles. The SMILES string of the molecule is Cc1ccccc1/C=C/C(=O)Nc1cc(C)c(C(=O)O)s1. The Kier molecular flexibility index (Phi) is 4.55. The molecular weight excluding hydrogens is 286 g/mol. The van der Waals surface area contributed by atoms with Crippen molar-refractivity contribution < 1.29 is 14.7 Å². The van der Waals surface area contributed by atoms with Crippen LogP contribution in [0, 0.1) is 13.8 Å². The Hall–Kier alpha value is -2.40. The third kappa shape index (κ3) is 3.79. The fourth-order valence-corrected chi connectivity index (χ4v) is 2.77. The van der Waals surface area contributed by atoms with Gasteiger partial charge in [-0.3, -0.25) is 4.79 Å². The molecule has 1 aromatic heterocycles. The van der Waals surface area contributed by atoms with Gasteiger partial charge in [0.1, 0.15) is 4.88 Å². The number of rotatable bonds is 4. The van der Waals surface area contributed by atoms with Gasteiger partial charge in [-0.05, 0) is 42.7 Å². The second-order valence-electron chi connectivity index (χ2n) is 4.61. The number of aryl methyl sites for hydroxylation is 2. The summed E-state index contributed by atoms with van der Waals surface area (Å²) in [6.07, 6.45) is 3.18. The summed E-state index contributed by atoms with van der Waals surface area (Å²) in [5, 5.41) is 12.2. The number of aromatic carboxylic acids is 1. The second-order valence-corrected chi connectivity index (χ2v) is 5.66. The molecule has 1 aromatic carbocycles. The van der Waals surface area contributed by atoms with Crippen LogP contribution < -0.4 is 5.32 Å². The van der Waals surface area contributed by atoms with E-state index in [1.165, 1.54) is 6.08 Å². The Labute approximate surface area is 126 Å². The highest BCUT2D eigenvalue weighted by Crippen LogP contribution is 2.26. The quantitative estimate of drug-likeness (QED) is 0.846. The molecule has 4 nitrogen and oxygen atoms in total. The van der Waals surface area contributed by atoms with Gasteiger partial charge in [-0.25, -0.2) is 4.79 Å². The molecule has 108 valence electrons. The van der Waals surface area contributed by atoms with Gasteiger partial charge in [-0.1, -0.05) is 24.3 Å². The molecule has 21 heavy (non-hydrogen) atoms. The van der Waals surface area contributed by atoms with Crippen molar-refractivity contribution in [1.82, 2.24) is 0 Å². The van der Waals surface area contributed by atoms with Gasteiger partial charge in [0.05, 0.1) is 5.00 Å². The zero-order valence-corrected chi connectivity index (χ0v) is 12.5. The van der Waals surface area contributed by atoms with Crippen LogP contribution in [0.5, 0.6) is 0 Å². The molecule has 0 saturated heterocycles. The lowest BCUT2D eigenvalue weighted by atomic mass is 10.1. The highest BCUT2D eigenvalue weighted by molar-refractivity contribution is 7.18. The highest BCUT2D eigenvalue weighted by Gasteiger charge is 2.12. The lowest BCUT2D eigenvalue weighted by Gasteiger charge is -1.99. The number of amides is 1.